The summed E-state index contributed by atoms with van der Waals surface area (Å²) in [6, 6.07) is 0. The van der Waals surface area contributed by atoms with Gasteiger partial charge >= 0.3 is 0 Å². The first kappa shape index (κ1) is 14.3. The highest BCUT2D eigenvalue weighted by molar-refractivity contribution is 8.67. The third-order valence-electron chi connectivity index (χ3n) is 1.18. The second-order valence-corrected chi connectivity index (χ2v) is 9.96. The zero-order valence-corrected chi connectivity index (χ0v) is 11.4. The largest absolute Gasteiger partial charge is 0.337 e. The Balaban J connectivity index is 3.35. The van der Waals surface area contributed by atoms with Gasteiger partial charge in [0.15, 0.2) is 0 Å². The van der Waals surface area contributed by atoms with E-state index in [-0.39, 0.29) is 0 Å². The molecule has 0 aromatic heterocycles. The molecular weight excluding hydrogens is 243 g/mol. The summed E-state index contributed by atoms with van der Waals surface area (Å²) in [6.45, 7) is 4.50. The van der Waals surface area contributed by atoms with E-state index in [0.29, 0.717) is 6.61 Å². The molecule has 0 fully saturated rings. The van der Waals surface area contributed by atoms with Crippen molar-refractivity contribution in [3.05, 3.63) is 0 Å². The lowest BCUT2D eigenvalue weighted by molar-refractivity contribution is 0.341. The fourth-order valence-corrected chi connectivity index (χ4v) is 5.02. The molecule has 0 aromatic carbocycles. The maximum atomic E-state index is 9.53. The third kappa shape index (κ3) is 9.57. The van der Waals surface area contributed by atoms with E-state index in [1.165, 1.54) is 11.4 Å². The van der Waals surface area contributed by atoms with E-state index in [4.69, 9.17) is 16.3 Å². The Morgan fingerprint density at radius 1 is 1.38 bits per heavy atom. The Hall–Kier alpha value is 1.27. The summed E-state index contributed by atoms with van der Waals surface area (Å²) in [7, 11) is 0. The predicted molar refractivity (Wildman–Crippen MR) is 68.2 cm³/mol. The highest BCUT2D eigenvalue weighted by Gasteiger charge is 2.12. The van der Waals surface area contributed by atoms with Crippen molar-refractivity contribution < 1.29 is 9.42 Å². The summed E-state index contributed by atoms with van der Waals surface area (Å²) in [6.07, 6.45) is 1.09. The van der Waals surface area contributed by atoms with Crippen LogP contribution in [0.15, 0.2) is 0 Å². The van der Waals surface area contributed by atoms with Crippen molar-refractivity contribution in [1.82, 2.24) is 0 Å². The summed E-state index contributed by atoms with van der Waals surface area (Å²) in [5.74, 6) is 3.20. The van der Waals surface area contributed by atoms with Crippen LogP contribution in [-0.4, -0.2) is 28.8 Å². The van der Waals surface area contributed by atoms with Crippen molar-refractivity contribution >= 4 is 40.6 Å². The van der Waals surface area contributed by atoms with Crippen LogP contribution in [0, 0.1) is 0 Å². The van der Waals surface area contributed by atoms with E-state index < -0.39 is 5.69 Å². The Morgan fingerprint density at radius 3 is 2.62 bits per heavy atom. The zero-order valence-electron chi connectivity index (χ0n) is 8.06. The average molecular weight is 260 g/mol. The number of thioether (sulfide) groups is 1. The second kappa shape index (κ2) is 8.57. The van der Waals surface area contributed by atoms with Crippen molar-refractivity contribution in [2.24, 2.45) is 0 Å². The molecule has 13 heavy (non-hydrogen) atoms. The van der Waals surface area contributed by atoms with Gasteiger partial charge in [0.2, 0.25) is 5.69 Å². The normalized spacial score (nSPS) is 15.6. The molecule has 1 atom stereocenters. The molecule has 0 saturated carbocycles. The molecule has 0 spiro atoms. The quantitative estimate of drug-likeness (QED) is 0.535. The van der Waals surface area contributed by atoms with Crippen LogP contribution < -0.4 is 0 Å². The Labute approximate surface area is 94.1 Å². The molecule has 6 heteroatoms. The van der Waals surface area contributed by atoms with Crippen LogP contribution in [0.5, 0.6) is 0 Å². The fraction of sp³-hybridized carbons (Fsp3) is 1.00. The lowest BCUT2D eigenvalue weighted by atomic mass is 10.6. The fourth-order valence-electron chi connectivity index (χ4n) is 0.686. The maximum Gasteiger partial charge on any atom is 0.244 e. The summed E-state index contributed by atoms with van der Waals surface area (Å²) in [4.78, 5) is 9.53. The molecule has 0 aliphatic carbocycles. The van der Waals surface area contributed by atoms with Gasteiger partial charge in [-0.25, -0.2) is 0 Å². The molecular formula is C7H17O2PS3. The number of hydrogen-bond donors (Lipinski definition) is 1. The van der Waals surface area contributed by atoms with Crippen molar-refractivity contribution in [2.45, 2.75) is 20.3 Å². The molecule has 1 unspecified atom stereocenters. The summed E-state index contributed by atoms with van der Waals surface area (Å²) < 4.78 is 5.07. The SMILES string of the molecule is CCOP(O)(=S)SCCCSCC. The van der Waals surface area contributed by atoms with Gasteiger partial charge in [0.25, 0.3) is 0 Å². The minimum Gasteiger partial charge on any atom is -0.337 e. The first-order chi connectivity index (χ1) is 6.12. The van der Waals surface area contributed by atoms with Crippen LogP contribution in [0.25, 0.3) is 0 Å². The van der Waals surface area contributed by atoms with E-state index in [1.807, 2.05) is 18.7 Å². The van der Waals surface area contributed by atoms with E-state index in [1.54, 1.807) is 0 Å². The van der Waals surface area contributed by atoms with Crippen LogP contribution in [0.2, 0.25) is 0 Å². The van der Waals surface area contributed by atoms with Gasteiger partial charge in [-0.1, -0.05) is 18.3 Å². The van der Waals surface area contributed by atoms with E-state index in [9.17, 15) is 4.89 Å². The smallest absolute Gasteiger partial charge is 0.244 e. The molecule has 80 valence electrons. The molecule has 0 aromatic rings. The van der Waals surface area contributed by atoms with Gasteiger partial charge in [0.05, 0.1) is 6.61 Å². The lowest BCUT2D eigenvalue weighted by Crippen LogP contribution is -1.88. The Morgan fingerprint density at radius 2 is 2.08 bits per heavy atom. The van der Waals surface area contributed by atoms with Gasteiger partial charge < -0.3 is 9.42 Å². The molecule has 2 nitrogen and oxygen atoms in total. The molecule has 0 rings (SSSR count). The predicted octanol–water partition coefficient (Wildman–Crippen LogP) is 3.12. The topological polar surface area (TPSA) is 29.5 Å². The van der Waals surface area contributed by atoms with Gasteiger partial charge in [-0.3, -0.25) is 0 Å². The van der Waals surface area contributed by atoms with Crippen LogP contribution in [0.3, 0.4) is 0 Å². The Kier molecular flexibility index (Phi) is 9.41. The molecule has 0 aliphatic rings. The van der Waals surface area contributed by atoms with Gasteiger partial charge in [0, 0.05) is 5.75 Å². The Bertz CT molecular complexity index is 166. The van der Waals surface area contributed by atoms with Gasteiger partial charge in [-0.05, 0) is 36.7 Å². The molecule has 0 heterocycles. The monoisotopic (exact) mass is 260 g/mol. The second-order valence-electron chi connectivity index (χ2n) is 2.27. The zero-order chi connectivity index (χ0) is 10.2. The lowest BCUT2D eigenvalue weighted by Gasteiger charge is -2.12. The first-order valence-electron chi connectivity index (χ1n) is 4.32. The summed E-state index contributed by atoms with van der Waals surface area (Å²) in [5, 5.41) is 0. The van der Waals surface area contributed by atoms with E-state index in [2.05, 4.69) is 6.92 Å². The van der Waals surface area contributed by atoms with Crippen LogP contribution in [-0.2, 0) is 16.3 Å². The number of hydrogen-bond acceptors (Lipinski definition) is 4. The standard InChI is InChI=1S/C7H17O2PS3/c1-3-9-10(8,11)13-7-5-6-12-4-2/h3-7H2,1-2H3,(H,8,11). The molecule has 0 saturated heterocycles. The van der Waals surface area contributed by atoms with Crippen LogP contribution in [0.4, 0.5) is 0 Å². The molecule has 0 amide bonds. The first-order valence-corrected chi connectivity index (χ1v) is 9.74. The van der Waals surface area contributed by atoms with Gasteiger partial charge in [-0.15, -0.1) is 0 Å². The summed E-state index contributed by atoms with van der Waals surface area (Å²) >= 11 is 8.24. The van der Waals surface area contributed by atoms with Gasteiger partial charge in [0.1, 0.15) is 0 Å². The average Bonchev–Trinajstić information content (AvgIpc) is 2.04. The van der Waals surface area contributed by atoms with Crippen molar-refractivity contribution in [3.8, 4) is 0 Å². The molecule has 0 bridgehead atoms. The van der Waals surface area contributed by atoms with Crippen LogP contribution in [0.1, 0.15) is 20.3 Å². The highest BCUT2D eigenvalue weighted by Crippen LogP contribution is 2.56. The highest BCUT2D eigenvalue weighted by atomic mass is 32.9. The molecule has 0 radical (unpaired) electrons. The van der Waals surface area contributed by atoms with Crippen molar-refractivity contribution in [3.63, 3.8) is 0 Å². The molecule has 1 N–H and O–H groups in total. The third-order valence-corrected chi connectivity index (χ3v) is 6.66. The van der Waals surface area contributed by atoms with Crippen molar-refractivity contribution in [1.29, 1.82) is 0 Å². The van der Waals surface area contributed by atoms with Gasteiger partial charge in [-0.2, -0.15) is 11.8 Å². The van der Waals surface area contributed by atoms with E-state index in [0.717, 1.165) is 23.7 Å². The maximum absolute atomic E-state index is 9.53. The minimum absolute atomic E-state index is 0.504. The minimum atomic E-state index is -2.50. The van der Waals surface area contributed by atoms with Crippen LogP contribution >= 0.6 is 28.8 Å². The summed E-state index contributed by atoms with van der Waals surface area (Å²) in [5.41, 5.74) is -2.50. The number of rotatable bonds is 8. The molecule has 0 aliphatic heterocycles. The van der Waals surface area contributed by atoms with E-state index >= 15 is 0 Å². The van der Waals surface area contributed by atoms with Crippen molar-refractivity contribution in [2.75, 3.05) is 23.9 Å².